The molecule has 10 heteroatoms. The van der Waals surface area contributed by atoms with E-state index in [2.05, 4.69) is 52.2 Å². The molecule has 10 nitrogen and oxygen atoms in total. The van der Waals surface area contributed by atoms with Gasteiger partial charge >= 0.3 is 11.9 Å². The first-order valence-electron chi connectivity index (χ1n) is 15.8. The molecule has 0 aliphatic rings. The average Bonchev–Trinajstić information content (AvgIpc) is 3.03. The Balaban J connectivity index is 1.38. The SMILES string of the molecule is CC(C)(C)c1ccc(OCC(=O)Nc2ccc(Cc3ccc(NC(=O)COc4ccc(C(C)(C)C)cc4)c(C(=O)O)c3)cc2C(=O)O)cc1. The fourth-order valence-corrected chi connectivity index (χ4v) is 4.98. The first-order valence-corrected chi connectivity index (χ1v) is 15.8. The molecule has 0 aliphatic heterocycles. The number of carboxylic acid groups (broad SMARTS) is 2. The van der Waals surface area contributed by atoms with Gasteiger partial charge in [0, 0.05) is 0 Å². The van der Waals surface area contributed by atoms with E-state index < -0.39 is 23.8 Å². The standard InChI is InChI=1S/C39H42N2O8/c1-38(2,3)26-9-13-28(14-10-26)48-22-34(42)40-32-17-7-24(20-30(32)36(44)45)19-25-8-18-33(31(21-25)37(46)47)41-35(43)23-49-29-15-11-27(12-16-29)39(4,5)6/h7-18,20-21H,19,22-23H2,1-6H3,(H,40,42)(H,41,43)(H,44,45)(H,46,47). The summed E-state index contributed by atoms with van der Waals surface area (Å²) in [6, 6.07) is 24.0. The lowest BCUT2D eigenvalue weighted by atomic mass is 9.87. The zero-order valence-electron chi connectivity index (χ0n) is 28.5. The highest BCUT2D eigenvalue weighted by Crippen LogP contribution is 2.27. The lowest BCUT2D eigenvalue weighted by Gasteiger charge is -2.19. The zero-order valence-corrected chi connectivity index (χ0v) is 28.5. The van der Waals surface area contributed by atoms with Crippen LogP contribution in [0.1, 0.15) is 84.5 Å². The average molecular weight is 667 g/mol. The third-order valence-electron chi connectivity index (χ3n) is 7.77. The van der Waals surface area contributed by atoms with Crippen molar-refractivity contribution < 1.29 is 38.9 Å². The normalized spacial score (nSPS) is 11.4. The van der Waals surface area contributed by atoms with E-state index in [1.807, 2.05) is 24.3 Å². The highest BCUT2D eigenvalue weighted by Gasteiger charge is 2.18. The molecule has 4 aromatic carbocycles. The summed E-state index contributed by atoms with van der Waals surface area (Å²) >= 11 is 0. The summed E-state index contributed by atoms with van der Waals surface area (Å²) in [5.74, 6) is -2.51. The quantitative estimate of drug-likeness (QED) is 0.123. The second-order valence-electron chi connectivity index (χ2n) is 13.8. The van der Waals surface area contributed by atoms with Gasteiger partial charge in [0.05, 0.1) is 22.5 Å². The Bertz CT molecular complexity index is 1700. The van der Waals surface area contributed by atoms with Crippen molar-refractivity contribution in [1.82, 2.24) is 0 Å². The van der Waals surface area contributed by atoms with E-state index in [0.717, 1.165) is 11.1 Å². The number of carbonyl (C=O) groups is 4. The molecule has 4 N–H and O–H groups in total. The van der Waals surface area contributed by atoms with Gasteiger partial charge in [0.15, 0.2) is 13.2 Å². The fraction of sp³-hybridized carbons (Fsp3) is 0.282. The summed E-state index contributed by atoms with van der Waals surface area (Å²) in [7, 11) is 0. The Morgan fingerprint density at radius 1 is 0.551 bits per heavy atom. The Morgan fingerprint density at radius 2 is 0.898 bits per heavy atom. The number of benzene rings is 4. The van der Waals surface area contributed by atoms with E-state index in [4.69, 9.17) is 9.47 Å². The topological polar surface area (TPSA) is 151 Å². The van der Waals surface area contributed by atoms with E-state index in [0.29, 0.717) is 22.6 Å². The van der Waals surface area contributed by atoms with Gasteiger partial charge < -0.3 is 30.3 Å². The molecule has 4 rings (SSSR count). The number of aromatic carboxylic acids is 2. The summed E-state index contributed by atoms with van der Waals surface area (Å²) in [4.78, 5) is 49.4. The van der Waals surface area contributed by atoms with Crippen LogP contribution in [0.25, 0.3) is 0 Å². The van der Waals surface area contributed by atoms with E-state index in [1.165, 1.54) is 24.3 Å². The fourth-order valence-electron chi connectivity index (χ4n) is 4.98. The molecule has 0 radical (unpaired) electrons. The number of hydrogen-bond donors (Lipinski definition) is 4. The maximum absolute atomic E-state index is 12.6. The van der Waals surface area contributed by atoms with Crippen molar-refractivity contribution in [2.24, 2.45) is 0 Å². The van der Waals surface area contributed by atoms with Crippen LogP contribution in [-0.4, -0.2) is 47.2 Å². The van der Waals surface area contributed by atoms with Gasteiger partial charge in [-0.15, -0.1) is 0 Å². The molecule has 0 aromatic heterocycles. The predicted molar refractivity (Wildman–Crippen MR) is 188 cm³/mol. The molecular weight excluding hydrogens is 624 g/mol. The van der Waals surface area contributed by atoms with Gasteiger partial charge in [-0.05, 0) is 88.0 Å². The first kappa shape index (κ1) is 36.2. The van der Waals surface area contributed by atoms with Crippen LogP contribution < -0.4 is 20.1 Å². The maximum Gasteiger partial charge on any atom is 0.337 e. The summed E-state index contributed by atoms with van der Waals surface area (Å²) < 4.78 is 11.2. The molecule has 0 atom stereocenters. The molecule has 0 heterocycles. The number of amides is 2. The molecule has 0 spiro atoms. The predicted octanol–water partition coefficient (Wildman–Crippen LogP) is 7.30. The molecule has 2 amide bonds. The first-order chi connectivity index (χ1) is 23.0. The second kappa shape index (κ2) is 15.1. The summed E-state index contributed by atoms with van der Waals surface area (Å²) in [5.41, 5.74) is 3.29. The Morgan fingerprint density at radius 3 is 1.20 bits per heavy atom. The molecule has 0 bridgehead atoms. The van der Waals surface area contributed by atoms with Crippen LogP contribution in [0.15, 0.2) is 84.9 Å². The number of ether oxygens (including phenoxy) is 2. The van der Waals surface area contributed by atoms with Crippen molar-refractivity contribution >= 4 is 35.1 Å². The number of rotatable bonds is 12. The Kier molecular flexibility index (Phi) is 11.1. The van der Waals surface area contributed by atoms with Gasteiger partial charge in [0.1, 0.15) is 11.5 Å². The van der Waals surface area contributed by atoms with Gasteiger partial charge in [-0.3, -0.25) is 9.59 Å². The third kappa shape index (κ3) is 10.2. The zero-order chi connectivity index (χ0) is 35.9. The van der Waals surface area contributed by atoms with Gasteiger partial charge in [-0.1, -0.05) is 77.9 Å². The van der Waals surface area contributed by atoms with Gasteiger partial charge in [0.25, 0.3) is 11.8 Å². The van der Waals surface area contributed by atoms with Crippen LogP contribution in [0.5, 0.6) is 11.5 Å². The summed E-state index contributed by atoms with van der Waals surface area (Å²) in [6.45, 7) is 12.0. The number of nitrogens with one attached hydrogen (secondary N) is 2. The van der Waals surface area contributed by atoms with Crippen LogP contribution in [-0.2, 0) is 26.8 Å². The lowest BCUT2D eigenvalue weighted by molar-refractivity contribution is -0.118. The maximum atomic E-state index is 12.6. The van der Waals surface area contributed by atoms with Gasteiger partial charge in [-0.25, -0.2) is 9.59 Å². The largest absolute Gasteiger partial charge is 0.484 e. The molecular formula is C39H42N2O8. The summed E-state index contributed by atoms with van der Waals surface area (Å²) in [5, 5.41) is 24.9. The van der Waals surface area contributed by atoms with Gasteiger partial charge in [0.2, 0.25) is 0 Å². The molecule has 0 saturated carbocycles. The molecule has 0 saturated heterocycles. The monoisotopic (exact) mass is 666 g/mol. The highest BCUT2D eigenvalue weighted by molar-refractivity contribution is 6.02. The van der Waals surface area contributed by atoms with Crippen molar-refractivity contribution in [1.29, 1.82) is 0 Å². The minimum Gasteiger partial charge on any atom is -0.484 e. The molecule has 0 aliphatic carbocycles. The lowest BCUT2D eigenvalue weighted by Crippen LogP contribution is -2.22. The van der Waals surface area contributed by atoms with E-state index in [9.17, 15) is 29.4 Å². The molecule has 4 aromatic rings. The van der Waals surface area contributed by atoms with Crippen molar-refractivity contribution in [2.75, 3.05) is 23.8 Å². The van der Waals surface area contributed by atoms with Crippen LogP contribution in [0.4, 0.5) is 11.4 Å². The van der Waals surface area contributed by atoms with Crippen LogP contribution >= 0.6 is 0 Å². The second-order valence-corrected chi connectivity index (χ2v) is 13.8. The van der Waals surface area contributed by atoms with Crippen molar-refractivity contribution in [2.45, 2.75) is 58.8 Å². The van der Waals surface area contributed by atoms with E-state index in [1.54, 1.807) is 36.4 Å². The summed E-state index contributed by atoms with van der Waals surface area (Å²) in [6.07, 6.45) is 0.199. The molecule has 0 unspecified atom stereocenters. The Hall–Kier alpha value is -5.64. The minimum absolute atomic E-state index is 0.0227. The number of hydrogen-bond acceptors (Lipinski definition) is 6. The van der Waals surface area contributed by atoms with Crippen molar-refractivity contribution in [3.05, 3.63) is 118 Å². The minimum atomic E-state index is -1.24. The van der Waals surface area contributed by atoms with Crippen molar-refractivity contribution in [3.8, 4) is 11.5 Å². The number of carbonyl (C=O) groups excluding carboxylic acids is 2. The smallest absolute Gasteiger partial charge is 0.337 e. The van der Waals surface area contributed by atoms with E-state index >= 15 is 0 Å². The number of anilines is 2. The molecule has 49 heavy (non-hydrogen) atoms. The number of carboxylic acids is 2. The molecule has 256 valence electrons. The highest BCUT2D eigenvalue weighted by atomic mass is 16.5. The molecule has 0 fully saturated rings. The van der Waals surface area contributed by atoms with Gasteiger partial charge in [-0.2, -0.15) is 0 Å². The van der Waals surface area contributed by atoms with Crippen molar-refractivity contribution in [3.63, 3.8) is 0 Å². The third-order valence-corrected chi connectivity index (χ3v) is 7.77. The van der Waals surface area contributed by atoms with Crippen LogP contribution in [0.2, 0.25) is 0 Å². The van der Waals surface area contributed by atoms with E-state index in [-0.39, 0.29) is 53.0 Å². The van der Waals surface area contributed by atoms with Crippen LogP contribution in [0.3, 0.4) is 0 Å². The van der Waals surface area contributed by atoms with Crippen LogP contribution in [0, 0.1) is 0 Å². The Labute approximate surface area is 286 Å².